The summed E-state index contributed by atoms with van der Waals surface area (Å²) in [5.41, 5.74) is -0.461. The summed E-state index contributed by atoms with van der Waals surface area (Å²) >= 11 is 0. The topological polar surface area (TPSA) is 54.4 Å². The Morgan fingerprint density at radius 1 is 1.31 bits per heavy atom. The molecule has 1 N–H and O–H groups in total. The standard InChI is InChI=1S/C11H8F2O3/c12-9-4-7(2-1-3-11(15)16)5-10(13)8(9)6-14/h1-2,4-6H,3H2,(H,15,16). The van der Waals surface area contributed by atoms with Gasteiger partial charge in [-0.2, -0.15) is 0 Å². The maximum absolute atomic E-state index is 13.1. The van der Waals surface area contributed by atoms with Gasteiger partial charge in [-0.1, -0.05) is 12.2 Å². The van der Waals surface area contributed by atoms with Crippen LogP contribution >= 0.6 is 0 Å². The van der Waals surface area contributed by atoms with Gasteiger partial charge in [-0.15, -0.1) is 0 Å². The zero-order chi connectivity index (χ0) is 12.1. The largest absolute Gasteiger partial charge is 0.481 e. The second-order valence-electron chi connectivity index (χ2n) is 3.02. The number of aliphatic carboxylic acids is 1. The number of halogens is 2. The van der Waals surface area contributed by atoms with Crippen LogP contribution in [0.4, 0.5) is 8.78 Å². The zero-order valence-electron chi connectivity index (χ0n) is 8.11. The van der Waals surface area contributed by atoms with Crippen LogP contribution in [-0.4, -0.2) is 17.4 Å². The minimum Gasteiger partial charge on any atom is -0.481 e. The third kappa shape index (κ3) is 2.98. The molecule has 0 amide bonds. The van der Waals surface area contributed by atoms with Crippen LogP contribution in [0.2, 0.25) is 0 Å². The predicted octanol–water partition coefficient (Wildman–Crippen LogP) is 2.27. The molecule has 1 aromatic rings. The van der Waals surface area contributed by atoms with Crippen molar-refractivity contribution in [2.75, 3.05) is 0 Å². The molecule has 0 unspecified atom stereocenters. The van der Waals surface area contributed by atoms with Crippen LogP contribution in [0.15, 0.2) is 18.2 Å². The normalized spacial score (nSPS) is 10.6. The van der Waals surface area contributed by atoms with Gasteiger partial charge in [0.1, 0.15) is 11.6 Å². The summed E-state index contributed by atoms with van der Waals surface area (Å²) < 4.78 is 26.2. The molecule has 0 radical (unpaired) electrons. The highest BCUT2D eigenvalue weighted by molar-refractivity contribution is 5.76. The molecule has 1 aromatic carbocycles. The molecule has 84 valence electrons. The van der Waals surface area contributed by atoms with Gasteiger partial charge in [0.05, 0.1) is 12.0 Å². The fourth-order valence-corrected chi connectivity index (χ4v) is 1.11. The second-order valence-corrected chi connectivity index (χ2v) is 3.02. The summed E-state index contributed by atoms with van der Waals surface area (Å²) in [7, 11) is 0. The van der Waals surface area contributed by atoms with E-state index in [0.717, 1.165) is 12.1 Å². The molecule has 1 rings (SSSR count). The van der Waals surface area contributed by atoms with Crippen LogP contribution in [0.5, 0.6) is 0 Å². The lowest BCUT2D eigenvalue weighted by Crippen LogP contribution is -1.94. The zero-order valence-corrected chi connectivity index (χ0v) is 8.11. The van der Waals surface area contributed by atoms with Crippen molar-refractivity contribution in [1.82, 2.24) is 0 Å². The first-order valence-electron chi connectivity index (χ1n) is 4.37. The van der Waals surface area contributed by atoms with Crippen LogP contribution in [-0.2, 0) is 4.79 Å². The number of aldehydes is 1. The molecule has 0 atom stereocenters. The van der Waals surface area contributed by atoms with E-state index in [9.17, 15) is 18.4 Å². The number of carboxylic acids is 1. The number of hydrogen-bond acceptors (Lipinski definition) is 2. The fraction of sp³-hybridized carbons (Fsp3) is 0.0909. The molecule has 3 nitrogen and oxygen atoms in total. The van der Waals surface area contributed by atoms with E-state index in [2.05, 4.69) is 0 Å². The Morgan fingerprint density at radius 2 is 1.88 bits per heavy atom. The van der Waals surface area contributed by atoms with E-state index in [0.29, 0.717) is 0 Å². The maximum Gasteiger partial charge on any atom is 0.307 e. The van der Waals surface area contributed by atoms with Gasteiger partial charge >= 0.3 is 5.97 Å². The van der Waals surface area contributed by atoms with Crippen LogP contribution in [0.1, 0.15) is 22.3 Å². The molecule has 0 aliphatic carbocycles. The smallest absolute Gasteiger partial charge is 0.307 e. The van der Waals surface area contributed by atoms with E-state index in [1.54, 1.807) is 0 Å². The Hall–Kier alpha value is -2.04. The van der Waals surface area contributed by atoms with Crippen molar-refractivity contribution < 1.29 is 23.5 Å². The lowest BCUT2D eigenvalue weighted by molar-refractivity contribution is -0.135. The number of carbonyl (C=O) groups is 2. The van der Waals surface area contributed by atoms with E-state index in [-0.39, 0.29) is 18.3 Å². The molecule has 0 saturated heterocycles. The third-order valence-electron chi connectivity index (χ3n) is 1.82. The minimum absolute atomic E-state index is 0.0927. The number of carboxylic acid groups (broad SMARTS) is 1. The molecule has 0 saturated carbocycles. The quantitative estimate of drug-likeness (QED) is 0.801. The molecule has 0 fully saturated rings. The van der Waals surface area contributed by atoms with Crippen LogP contribution in [0.25, 0.3) is 6.08 Å². The molecular formula is C11H8F2O3. The van der Waals surface area contributed by atoms with Crippen molar-refractivity contribution in [1.29, 1.82) is 0 Å². The van der Waals surface area contributed by atoms with Gasteiger partial charge in [0.2, 0.25) is 0 Å². The predicted molar refractivity (Wildman–Crippen MR) is 53.0 cm³/mol. The van der Waals surface area contributed by atoms with E-state index in [4.69, 9.17) is 5.11 Å². The first kappa shape index (κ1) is 12.0. The number of hydrogen-bond donors (Lipinski definition) is 1. The Bertz CT molecular complexity index is 430. The first-order chi connectivity index (χ1) is 7.54. The maximum atomic E-state index is 13.1. The highest BCUT2D eigenvalue weighted by Gasteiger charge is 2.08. The van der Waals surface area contributed by atoms with Gasteiger partial charge in [0, 0.05) is 0 Å². The van der Waals surface area contributed by atoms with Gasteiger partial charge < -0.3 is 5.11 Å². The lowest BCUT2D eigenvalue weighted by atomic mass is 10.1. The average molecular weight is 226 g/mol. The summed E-state index contributed by atoms with van der Waals surface area (Å²) in [6, 6.07) is 1.93. The van der Waals surface area contributed by atoms with E-state index in [1.165, 1.54) is 12.2 Å². The monoisotopic (exact) mass is 226 g/mol. The molecule has 5 heteroatoms. The Balaban J connectivity index is 2.96. The van der Waals surface area contributed by atoms with Gasteiger partial charge in [0.15, 0.2) is 6.29 Å². The fourth-order valence-electron chi connectivity index (χ4n) is 1.11. The van der Waals surface area contributed by atoms with E-state index >= 15 is 0 Å². The highest BCUT2D eigenvalue weighted by Crippen LogP contribution is 2.14. The number of carbonyl (C=O) groups excluding carboxylic acids is 1. The first-order valence-corrected chi connectivity index (χ1v) is 4.37. The van der Waals surface area contributed by atoms with Crippen molar-refractivity contribution in [3.63, 3.8) is 0 Å². The Labute approximate surface area is 90.0 Å². The molecule has 0 aliphatic rings. The summed E-state index contributed by atoms with van der Waals surface area (Å²) in [6.07, 6.45) is 2.39. The van der Waals surface area contributed by atoms with Gasteiger partial charge in [-0.3, -0.25) is 9.59 Å². The SMILES string of the molecule is O=Cc1c(F)cc(C=CCC(=O)O)cc1F. The van der Waals surface area contributed by atoms with Crippen molar-refractivity contribution in [3.05, 3.63) is 41.0 Å². The minimum atomic E-state index is -1.04. The molecule has 0 aromatic heterocycles. The lowest BCUT2D eigenvalue weighted by Gasteiger charge is -1.99. The Morgan fingerprint density at radius 3 is 2.31 bits per heavy atom. The van der Waals surface area contributed by atoms with Crippen molar-refractivity contribution >= 4 is 18.3 Å². The van der Waals surface area contributed by atoms with Crippen molar-refractivity contribution in [2.24, 2.45) is 0 Å². The van der Waals surface area contributed by atoms with Crippen LogP contribution < -0.4 is 0 Å². The number of benzene rings is 1. The Kier molecular flexibility index (Phi) is 3.88. The molecule has 0 aliphatic heterocycles. The van der Waals surface area contributed by atoms with E-state index < -0.39 is 23.2 Å². The molecule has 0 heterocycles. The summed E-state index contributed by atoms with van der Waals surface area (Å²) in [5.74, 6) is -2.98. The summed E-state index contributed by atoms with van der Waals surface area (Å²) in [5, 5.41) is 8.34. The van der Waals surface area contributed by atoms with E-state index in [1.807, 2.05) is 0 Å². The van der Waals surface area contributed by atoms with Crippen LogP contribution in [0.3, 0.4) is 0 Å². The third-order valence-corrected chi connectivity index (χ3v) is 1.82. The number of rotatable bonds is 4. The van der Waals surface area contributed by atoms with Gasteiger partial charge in [0.25, 0.3) is 0 Å². The molecule has 16 heavy (non-hydrogen) atoms. The molecular weight excluding hydrogens is 218 g/mol. The summed E-state index contributed by atoms with van der Waals surface area (Å²) in [6.45, 7) is 0. The van der Waals surface area contributed by atoms with Crippen LogP contribution in [0, 0.1) is 11.6 Å². The highest BCUT2D eigenvalue weighted by atomic mass is 19.1. The molecule has 0 bridgehead atoms. The second kappa shape index (κ2) is 5.16. The van der Waals surface area contributed by atoms with Crippen molar-refractivity contribution in [3.8, 4) is 0 Å². The molecule has 0 spiro atoms. The van der Waals surface area contributed by atoms with Crippen molar-refractivity contribution in [2.45, 2.75) is 6.42 Å². The average Bonchev–Trinajstić information content (AvgIpc) is 2.16. The van der Waals surface area contributed by atoms with Gasteiger partial charge in [-0.05, 0) is 17.7 Å². The summed E-state index contributed by atoms with van der Waals surface area (Å²) in [4.78, 5) is 20.5. The van der Waals surface area contributed by atoms with Gasteiger partial charge in [-0.25, -0.2) is 8.78 Å².